The van der Waals surface area contributed by atoms with Crippen LogP contribution in [0.5, 0.6) is 0 Å². The first kappa shape index (κ1) is 13.2. The van der Waals surface area contributed by atoms with Crippen molar-refractivity contribution in [2.75, 3.05) is 14.1 Å². The Morgan fingerprint density at radius 3 is 1.33 bits per heavy atom. The van der Waals surface area contributed by atoms with E-state index in [-0.39, 0.29) is 0 Å². The molecule has 0 atom stereocenters. The maximum absolute atomic E-state index is 2.36. The average Bonchev–Trinajstić information content (AvgIpc) is 1.65. The second-order valence-electron chi connectivity index (χ2n) is 2.56. The van der Waals surface area contributed by atoms with Crippen LogP contribution in [0, 0.1) is 0 Å². The van der Waals surface area contributed by atoms with Gasteiger partial charge in [0.2, 0.25) is 0 Å². The predicted octanol–water partition coefficient (Wildman–Crippen LogP) is 1.89. The van der Waals surface area contributed by atoms with Crippen LogP contribution in [0.15, 0.2) is 0 Å². The molecule has 0 aromatic carbocycles. The molecule has 4 heteroatoms. The SMILES string of the molecule is CN(C)[B]I.[CH3][Sn]([CH3])[CH3]. The molecule has 0 amide bonds. The van der Waals surface area contributed by atoms with E-state index in [9.17, 15) is 0 Å². The van der Waals surface area contributed by atoms with Crippen LogP contribution in [-0.2, 0) is 0 Å². The van der Waals surface area contributed by atoms with Crippen LogP contribution in [0.4, 0.5) is 0 Å². The van der Waals surface area contributed by atoms with Crippen LogP contribution >= 0.6 is 22.4 Å². The van der Waals surface area contributed by atoms with Gasteiger partial charge in [-0.15, -0.1) is 22.4 Å². The van der Waals surface area contributed by atoms with Gasteiger partial charge < -0.3 is 4.81 Å². The van der Waals surface area contributed by atoms with E-state index in [2.05, 4.69) is 37.2 Å². The fourth-order valence-electron chi connectivity index (χ4n) is 0. The van der Waals surface area contributed by atoms with Gasteiger partial charge in [-0.1, -0.05) is 0 Å². The molecule has 0 N–H and O–H groups in total. The minimum absolute atomic E-state index is 0.543. The van der Waals surface area contributed by atoms with E-state index in [4.69, 9.17) is 0 Å². The van der Waals surface area contributed by atoms with E-state index in [1.807, 2.05) is 24.2 Å². The Morgan fingerprint density at radius 2 is 1.33 bits per heavy atom. The van der Waals surface area contributed by atoms with Crippen LogP contribution in [-0.4, -0.2) is 43.9 Å². The number of nitrogens with zero attached hydrogens (tertiary/aromatic N) is 1. The minimum atomic E-state index is -0.543. The first-order chi connectivity index (χ1) is 4.00. The molecule has 9 heavy (non-hydrogen) atoms. The summed E-state index contributed by atoms with van der Waals surface area (Å²) in [5.41, 5.74) is 0. The van der Waals surface area contributed by atoms with Gasteiger partial charge in [-0.25, -0.2) is 0 Å². The van der Waals surface area contributed by atoms with Gasteiger partial charge in [0, 0.05) is 0 Å². The summed E-state index contributed by atoms with van der Waals surface area (Å²) in [7, 11) is 3.98. The van der Waals surface area contributed by atoms with Gasteiger partial charge in [0.25, 0.3) is 5.27 Å². The van der Waals surface area contributed by atoms with E-state index < -0.39 is 19.8 Å². The van der Waals surface area contributed by atoms with Crippen molar-refractivity contribution >= 4 is 47.4 Å². The van der Waals surface area contributed by atoms with Gasteiger partial charge in [-0.3, -0.25) is 0 Å². The quantitative estimate of drug-likeness (QED) is 0.518. The monoisotopic (exact) mass is 347 g/mol. The van der Waals surface area contributed by atoms with E-state index >= 15 is 0 Å². The van der Waals surface area contributed by atoms with Gasteiger partial charge in [-0.2, -0.15) is 0 Å². The van der Waals surface area contributed by atoms with Gasteiger partial charge in [0.05, 0.1) is 0 Å². The summed E-state index contributed by atoms with van der Waals surface area (Å²) < 4.78 is 0. The number of hydrogen-bond acceptors (Lipinski definition) is 1. The zero-order valence-electron chi connectivity index (χ0n) is 6.90. The van der Waals surface area contributed by atoms with Gasteiger partial charge in [0.1, 0.15) is 0 Å². The third-order valence-electron chi connectivity index (χ3n) is 0.195. The van der Waals surface area contributed by atoms with Crippen molar-refractivity contribution in [3.05, 3.63) is 0 Å². The molecule has 0 spiro atoms. The maximum atomic E-state index is 2.36. The number of rotatable bonds is 1. The first-order valence-electron chi connectivity index (χ1n) is 2.87. The molecule has 0 aromatic heterocycles. The molecular formula is C5H15BINSn. The Labute approximate surface area is 80.5 Å². The fourth-order valence-corrected chi connectivity index (χ4v) is 0. The molecule has 0 rings (SSSR count). The van der Waals surface area contributed by atoms with Crippen molar-refractivity contribution in [1.82, 2.24) is 4.81 Å². The molecule has 1 nitrogen and oxygen atoms in total. The van der Waals surface area contributed by atoms with Crippen LogP contribution in [0.3, 0.4) is 0 Å². The van der Waals surface area contributed by atoms with E-state index in [1.54, 1.807) is 0 Å². The molecule has 0 fully saturated rings. The Morgan fingerprint density at radius 1 is 1.22 bits per heavy atom. The molecule has 2 radical (unpaired) electrons. The Bertz CT molecular complexity index is 49.5. The standard InChI is InChI=1S/C2H6BIN.3CH3.Sn/c1-5(2)3-4;;;;/h1-2H3;3*1H3;. The number of hydrogen-bond donors (Lipinski definition) is 0. The molecule has 0 saturated carbocycles. The van der Waals surface area contributed by atoms with Crippen LogP contribution in [0.1, 0.15) is 0 Å². The Balaban J connectivity index is 0. The van der Waals surface area contributed by atoms with Gasteiger partial charge in [-0.05, 0) is 14.1 Å². The summed E-state index contributed by atoms with van der Waals surface area (Å²) in [5.74, 6) is 0. The first-order valence-corrected chi connectivity index (χ1v) is 12.7. The van der Waals surface area contributed by atoms with Crippen molar-refractivity contribution in [3.63, 3.8) is 0 Å². The van der Waals surface area contributed by atoms with Crippen molar-refractivity contribution in [1.29, 1.82) is 0 Å². The molecule has 0 aromatic rings. The molecule has 54 valence electrons. The van der Waals surface area contributed by atoms with Crippen molar-refractivity contribution in [2.45, 2.75) is 14.8 Å². The zero-order valence-corrected chi connectivity index (χ0v) is 11.9. The molecule has 0 bridgehead atoms. The van der Waals surface area contributed by atoms with E-state index in [0.717, 1.165) is 0 Å². The normalized spacial score (nSPS) is 8.89. The second-order valence-corrected chi connectivity index (χ2v) is 11.7. The van der Waals surface area contributed by atoms with Crippen molar-refractivity contribution in [2.24, 2.45) is 0 Å². The van der Waals surface area contributed by atoms with Gasteiger partial charge >= 0.3 is 34.6 Å². The summed E-state index contributed by atoms with van der Waals surface area (Å²) in [6.45, 7) is 0. The Hall–Kier alpha value is 1.55. The summed E-state index contributed by atoms with van der Waals surface area (Å²) in [6, 6.07) is 0. The molecule has 0 aliphatic carbocycles. The average molecular weight is 346 g/mol. The summed E-state index contributed by atoms with van der Waals surface area (Å²) in [5, 5.41) is 1.97. The van der Waals surface area contributed by atoms with E-state index in [1.165, 1.54) is 0 Å². The van der Waals surface area contributed by atoms with Gasteiger partial charge in [0.15, 0.2) is 0 Å². The predicted molar refractivity (Wildman–Crippen MR) is 56.8 cm³/mol. The molecule has 0 aliphatic heterocycles. The number of halogens is 1. The Kier molecular flexibility index (Phi) is 14.0. The third-order valence-corrected chi connectivity index (χ3v) is 1.31. The van der Waals surface area contributed by atoms with Crippen LogP contribution in [0.2, 0.25) is 14.8 Å². The summed E-state index contributed by atoms with van der Waals surface area (Å²) >= 11 is 1.64. The van der Waals surface area contributed by atoms with Crippen LogP contribution in [0.25, 0.3) is 0 Å². The topological polar surface area (TPSA) is 3.24 Å². The fraction of sp³-hybridized carbons (Fsp3) is 1.00. The summed E-state index contributed by atoms with van der Waals surface area (Å²) in [6.07, 6.45) is 0. The molecule has 0 heterocycles. The zero-order chi connectivity index (χ0) is 7.86. The van der Waals surface area contributed by atoms with Crippen molar-refractivity contribution in [3.8, 4) is 0 Å². The van der Waals surface area contributed by atoms with E-state index in [0.29, 0.717) is 0 Å². The molecule has 0 saturated heterocycles. The third kappa shape index (κ3) is 43.2. The summed E-state index contributed by atoms with van der Waals surface area (Å²) in [4.78, 5) is 9.08. The van der Waals surface area contributed by atoms with Crippen molar-refractivity contribution < 1.29 is 0 Å². The molecular weight excluding hydrogens is 330 g/mol. The molecule has 0 unspecified atom stereocenters. The molecule has 0 aliphatic rings. The second kappa shape index (κ2) is 9.55. The van der Waals surface area contributed by atoms with Crippen LogP contribution < -0.4 is 0 Å².